The number of allylic oxidation sites excluding steroid dienone is 5. The minimum atomic E-state index is -4.86. The van der Waals surface area contributed by atoms with Gasteiger partial charge in [0.2, 0.25) is 0 Å². The molecule has 0 aliphatic rings. The number of carbonyl (C=O) groups is 1. The van der Waals surface area contributed by atoms with Gasteiger partial charge in [-0.15, -0.1) is 0 Å². The van der Waals surface area contributed by atoms with E-state index >= 15 is 0 Å². The van der Waals surface area contributed by atoms with E-state index < -0.39 is 13.3 Å². The van der Waals surface area contributed by atoms with Crippen molar-refractivity contribution in [1.82, 2.24) is 0 Å². The molecule has 1 unspecified atom stereocenters. The Labute approximate surface area is 196 Å². The molecule has 0 aromatic carbocycles. The molecule has 0 saturated carbocycles. The number of rotatable bonds is 11. The monoisotopic (exact) mass is 388 g/mol. The number of hydrogen-bond donors (Lipinski definition) is 0. The largest absolute Gasteiger partial charge is 1.00 e. The van der Waals surface area contributed by atoms with Crippen molar-refractivity contribution in [1.29, 1.82) is 0 Å². The van der Waals surface area contributed by atoms with Gasteiger partial charge in [-0.1, -0.05) is 34.9 Å². The van der Waals surface area contributed by atoms with E-state index in [1.54, 1.807) is 0 Å². The summed E-state index contributed by atoms with van der Waals surface area (Å²) in [5, 5.41) is 10.2. The Morgan fingerprint density at radius 2 is 1.36 bits per heavy atom. The maximum Gasteiger partial charge on any atom is 1.00 e. The smallest absolute Gasteiger partial charge is 0.774 e. The second kappa shape index (κ2) is 17.0. The molecule has 5 nitrogen and oxygen atoms in total. The molecule has 0 aromatic rings. The zero-order valence-corrected chi connectivity index (χ0v) is 21.4. The van der Waals surface area contributed by atoms with Crippen LogP contribution >= 0.6 is 7.60 Å². The van der Waals surface area contributed by atoms with Crippen LogP contribution in [-0.4, -0.2) is 12.3 Å². The quantitative estimate of drug-likeness (QED) is 0.172. The molecule has 0 aliphatic carbocycles. The van der Waals surface area contributed by atoms with Crippen molar-refractivity contribution in [2.24, 2.45) is 0 Å². The second-order valence-electron chi connectivity index (χ2n) is 5.85. The van der Waals surface area contributed by atoms with Crippen molar-refractivity contribution >= 4 is 13.3 Å². The molecule has 0 aliphatic heterocycles. The van der Waals surface area contributed by atoms with Crippen LogP contribution in [0, 0.1) is 0 Å². The molecule has 0 amide bonds. The first-order valence-electron chi connectivity index (χ1n) is 7.77. The summed E-state index contributed by atoms with van der Waals surface area (Å²) in [7, 11) is -4.86. The van der Waals surface area contributed by atoms with Gasteiger partial charge in [-0.25, -0.2) is 0 Å². The average Bonchev–Trinajstić information content (AvgIpc) is 2.43. The van der Waals surface area contributed by atoms with Crippen LogP contribution in [0.15, 0.2) is 34.9 Å². The predicted molar refractivity (Wildman–Crippen MR) is 89.0 cm³/mol. The van der Waals surface area contributed by atoms with E-state index in [-0.39, 0.29) is 65.7 Å². The van der Waals surface area contributed by atoms with Crippen molar-refractivity contribution in [2.45, 2.75) is 59.8 Å². The van der Waals surface area contributed by atoms with E-state index in [9.17, 15) is 19.4 Å². The summed E-state index contributed by atoms with van der Waals surface area (Å²) >= 11 is 0. The summed E-state index contributed by atoms with van der Waals surface area (Å²) in [5.41, 5.74) is 1.64. The average molecular weight is 388 g/mol. The van der Waals surface area contributed by atoms with Crippen LogP contribution in [0.4, 0.5) is 4.79 Å². The first-order chi connectivity index (χ1) is 10.6. The standard InChI is InChI=1S/C17H29O5P.2Na/c1-14(2)8-5-9-15(3)10-6-11-16(4)12-7-13-22-23(20,21)17(18)19;;/h8,10,12H,5-7,9,11,13H2,1-4H3,(H,18,19)(H,20,21);;/q;2*+1/p-2/b15-10+,16-12+;;. The van der Waals surface area contributed by atoms with Crippen LogP contribution in [0.2, 0.25) is 0 Å². The van der Waals surface area contributed by atoms with Gasteiger partial charge in [-0.05, 0) is 59.8 Å². The molecule has 0 spiro atoms. The summed E-state index contributed by atoms with van der Waals surface area (Å²) < 4.78 is 15.2. The molecule has 0 aromatic heterocycles. The normalized spacial score (nSPS) is 14.0. The molecule has 0 rings (SSSR count). The van der Waals surface area contributed by atoms with Crippen LogP contribution in [0.25, 0.3) is 0 Å². The molecule has 0 radical (unpaired) electrons. The van der Waals surface area contributed by atoms with Crippen LogP contribution in [0.3, 0.4) is 0 Å². The van der Waals surface area contributed by atoms with E-state index in [2.05, 4.69) is 37.4 Å². The Balaban J connectivity index is -0.00000242. The number of carbonyl (C=O) groups excluding carboxylic acids is 1. The number of hydrogen-bond acceptors (Lipinski definition) is 5. The molecule has 0 N–H and O–H groups in total. The van der Waals surface area contributed by atoms with Gasteiger partial charge >= 0.3 is 59.1 Å². The van der Waals surface area contributed by atoms with Crippen LogP contribution in [0.5, 0.6) is 0 Å². The Kier molecular flexibility index (Phi) is 20.8. The van der Waals surface area contributed by atoms with E-state index in [1.807, 2.05) is 13.0 Å². The maximum absolute atomic E-state index is 10.9. The summed E-state index contributed by atoms with van der Waals surface area (Å²) in [6.45, 7) is 8.09. The molecular formula is C17H27Na2O5P. The third-order valence-corrected chi connectivity index (χ3v) is 4.19. The zero-order valence-electron chi connectivity index (χ0n) is 16.5. The van der Waals surface area contributed by atoms with Crippen molar-refractivity contribution in [2.75, 3.05) is 6.61 Å². The van der Waals surface area contributed by atoms with Gasteiger partial charge in [0, 0.05) is 0 Å². The van der Waals surface area contributed by atoms with Gasteiger partial charge in [-0.3, -0.25) is 0 Å². The van der Waals surface area contributed by atoms with Gasteiger partial charge < -0.3 is 23.9 Å². The van der Waals surface area contributed by atoms with E-state index in [1.165, 1.54) is 11.1 Å². The first-order valence-corrected chi connectivity index (χ1v) is 9.31. The summed E-state index contributed by atoms with van der Waals surface area (Å²) in [4.78, 5) is 21.1. The molecule has 0 fully saturated rings. The van der Waals surface area contributed by atoms with Gasteiger partial charge in [0.05, 0.1) is 6.61 Å². The van der Waals surface area contributed by atoms with Crippen LogP contribution < -0.4 is 69.1 Å². The third-order valence-electron chi connectivity index (χ3n) is 3.22. The van der Waals surface area contributed by atoms with Crippen LogP contribution in [0.1, 0.15) is 59.8 Å². The van der Waals surface area contributed by atoms with Gasteiger partial charge in [-0.2, -0.15) is 0 Å². The predicted octanol–water partition coefficient (Wildman–Crippen LogP) is -2.28. The van der Waals surface area contributed by atoms with Gasteiger partial charge in [0.15, 0.2) is 7.60 Å². The van der Waals surface area contributed by atoms with Gasteiger partial charge in [0.1, 0.15) is 5.71 Å². The second-order valence-corrected chi connectivity index (χ2v) is 7.46. The van der Waals surface area contributed by atoms with E-state index in [4.69, 9.17) is 0 Å². The van der Waals surface area contributed by atoms with Crippen molar-refractivity contribution in [3.8, 4) is 0 Å². The fraction of sp³-hybridized carbons (Fsp3) is 0.588. The van der Waals surface area contributed by atoms with Crippen molar-refractivity contribution < 1.29 is 83.0 Å². The van der Waals surface area contributed by atoms with E-state index in [0.717, 1.165) is 31.3 Å². The van der Waals surface area contributed by atoms with Crippen LogP contribution in [-0.2, 0) is 9.09 Å². The molecule has 0 heterocycles. The minimum Gasteiger partial charge on any atom is -0.774 e. The Bertz CT molecular complexity index is 523. The SMILES string of the molecule is CC(C)=CCC/C(C)=C/CC/C(C)=C/CCOP(=O)([O-])C(=O)[O-].[Na+].[Na+]. The zero-order chi connectivity index (χ0) is 17.9. The molecular weight excluding hydrogens is 361 g/mol. The number of carboxylic acid groups (broad SMARTS) is 1. The van der Waals surface area contributed by atoms with Crippen molar-refractivity contribution in [3.63, 3.8) is 0 Å². The fourth-order valence-corrected chi connectivity index (χ4v) is 2.32. The molecule has 1 atom stereocenters. The Hall–Kier alpha value is 0.840. The van der Waals surface area contributed by atoms with Gasteiger partial charge in [0.25, 0.3) is 0 Å². The summed E-state index contributed by atoms with van der Waals surface area (Å²) in [5.74, 6) is 0. The topological polar surface area (TPSA) is 89.5 Å². The summed E-state index contributed by atoms with van der Waals surface area (Å²) in [6, 6.07) is 0. The third kappa shape index (κ3) is 18.0. The van der Waals surface area contributed by atoms with Crippen molar-refractivity contribution in [3.05, 3.63) is 34.9 Å². The summed E-state index contributed by atoms with van der Waals surface area (Å²) in [6.07, 6.45) is 10.6. The maximum atomic E-state index is 10.9. The fourth-order valence-electron chi connectivity index (χ4n) is 1.87. The Morgan fingerprint density at radius 3 is 1.80 bits per heavy atom. The first kappa shape index (κ1) is 30.6. The molecule has 0 saturated heterocycles. The molecule has 8 heteroatoms. The molecule has 25 heavy (non-hydrogen) atoms. The van der Waals surface area contributed by atoms with E-state index in [0.29, 0.717) is 6.42 Å². The molecule has 0 bridgehead atoms. The Morgan fingerprint density at radius 1 is 0.920 bits per heavy atom. The molecule has 132 valence electrons. The minimum absolute atomic E-state index is 0.